The minimum absolute atomic E-state index is 0.0906. The van der Waals surface area contributed by atoms with Crippen LogP contribution in [-0.2, 0) is 20.9 Å². The highest BCUT2D eigenvalue weighted by molar-refractivity contribution is 8.16. The number of ether oxygens (including phenoxy) is 2. The smallest absolute Gasteiger partial charge is 0.338 e. The van der Waals surface area contributed by atoms with Gasteiger partial charge in [0.1, 0.15) is 11.6 Å². The summed E-state index contributed by atoms with van der Waals surface area (Å²) in [5.74, 6) is -0.301. The van der Waals surface area contributed by atoms with Gasteiger partial charge in [-0.25, -0.2) is 14.2 Å². The van der Waals surface area contributed by atoms with Crippen LogP contribution in [0, 0.1) is 5.82 Å². The Balaban J connectivity index is 1.58. The van der Waals surface area contributed by atoms with Gasteiger partial charge in [0.15, 0.2) is 5.17 Å². The summed E-state index contributed by atoms with van der Waals surface area (Å²) in [5.41, 5.74) is 3.34. The van der Waals surface area contributed by atoms with Crippen molar-refractivity contribution < 1.29 is 23.5 Å². The normalized spacial score (nSPS) is 17.1. The number of methoxy groups -OCH3 is 2. The standard InChI is InChI=1S/C25H24FN3O4S/c1-15-22(24(31)33-3)23(17-6-10-20(32-2)11-7-17)29-19(14-34-25(29)28-15)12-21(30)27-13-16-4-8-18(26)9-5-16/h4-11,14,23H,12-13H2,1-3H3,(H,27,30)/t23-/m1/s1. The van der Waals surface area contributed by atoms with E-state index in [1.807, 2.05) is 34.6 Å². The van der Waals surface area contributed by atoms with Gasteiger partial charge in [-0.2, -0.15) is 0 Å². The van der Waals surface area contributed by atoms with Gasteiger partial charge in [0.2, 0.25) is 5.91 Å². The zero-order valence-electron chi connectivity index (χ0n) is 19.0. The van der Waals surface area contributed by atoms with Gasteiger partial charge in [-0.1, -0.05) is 36.0 Å². The van der Waals surface area contributed by atoms with Crippen molar-refractivity contribution in [2.45, 2.75) is 25.9 Å². The number of esters is 1. The number of aliphatic imine (C=N–C) groups is 1. The third-order valence-corrected chi connectivity index (χ3v) is 6.47. The number of amidine groups is 1. The van der Waals surface area contributed by atoms with Crippen molar-refractivity contribution >= 4 is 28.8 Å². The maximum atomic E-state index is 13.1. The molecule has 0 radical (unpaired) electrons. The summed E-state index contributed by atoms with van der Waals surface area (Å²) in [4.78, 5) is 32.0. The van der Waals surface area contributed by atoms with Gasteiger partial charge in [0.05, 0.1) is 38.0 Å². The number of hydrogen-bond donors (Lipinski definition) is 1. The average molecular weight is 482 g/mol. The van der Waals surface area contributed by atoms with Crippen LogP contribution in [0.4, 0.5) is 4.39 Å². The van der Waals surface area contributed by atoms with Crippen molar-refractivity contribution in [2.75, 3.05) is 14.2 Å². The first kappa shape index (κ1) is 23.6. The maximum Gasteiger partial charge on any atom is 0.338 e. The molecule has 4 rings (SSSR count). The monoisotopic (exact) mass is 481 g/mol. The van der Waals surface area contributed by atoms with Crippen LogP contribution in [0.5, 0.6) is 5.75 Å². The van der Waals surface area contributed by atoms with Gasteiger partial charge in [0, 0.05) is 12.2 Å². The summed E-state index contributed by atoms with van der Waals surface area (Å²) in [6.07, 6.45) is 0.0906. The van der Waals surface area contributed by atoms with Crippen molar-refractivity contribution in [3.63, 3.8) is 0 Å². The van der Waals surface area contributed by atoms with Gasteiger partial charge in [0.25, 0.3) is 0 Å². The number of fused-ring (bicyclic) bond motifs is 1. The number of thioether (sulfide) groups is 1. The number of carbonyl (C=O) groups is 2. The molecule has 0 aromatic heterocycles. The van der Waals surface area contributed by atoms with Crippen molar-refractivity contribution in [3.8, 4) is 5.75 Å². The lowest BCUT2D eigenvalue weighted by molar-refractivity contribution is -0.136. The predicted molar refractivity (Wildman–Crippen MR) is 128 cm³/mol. The summed E-state index contributed by atoms with van der Waals surface area (Å²) in [6.45, 7) is 2.07. The van der Waals surface area contributed by atoms with Crippen LogP contribution >= 0.6 is 11.8 Å². The topological polar surface area (TPSA) is 80.2 Å². The van der Waals surface area contributed by atoms with Crippen LogP contribution < -0.4 is 10.1 Å². The Kier molecular flexibility index (Phi) is 7.02. The third-order valence-electron chi connectivity index (χ3n) is 5.58. The molecule has 0 unspecified atom stereocenters. The van der Waals surface area contributed by atoms with Crippen LogP contribution in [0.15, 0.2) is 75.9 Å². The summed E-state index contributed by atoms with van der Waals surface area (Å²) >= 11 is 1.40. The van der Waals surface area contributed by atoms with E-state index in [0.717, 1.165) is 16.8 Å². The minimum atomic E-state index is -0.503. The van der Waals surface area contributed by atoms with E-state index in [2.05, 4.69) is 10.3 Å². The lowest BCUT2D eigenvalue weighted by Gasteiger charge is -2.36. The van der Waals surface area contributed by atoms with Crippen molar-refractivity contribution in [2.24, 2.45) is 4.99 Å². The molecule has 7 nitrogen and oxygen atoms in total. The molecule has 2 aromatic rings. The number of nitrogens with one attached hydrogen (secondary N) is 1. The van der Waals surface area contributed by atoms with E-state index < -0.39 is 12.0 Å². The molecule has 0 aliphatic carbocycles. The Bertz CT molecular complexity index is 1190. The molecule has 9 heteroatoms. The number of halogens is 1. The Labute approximate surface area is 201 Å². The molecule has 176 valence electrons. The van der Waals surface area contributed by atoms with E-state index in [4.69, 9.17) is 9.47 Å². The molecule has 1 atom stereocenters. The number of amides is 1. The van der Waals surface area contributed by atoms with Gasteiger partial charge in [-0.05, 0) is 47.7 Å². The molecule has 2 heterocycles. The molecule has 0 spiro atoms. The molecule has 0 saturated carbocycles. The van der Waals surface area contributed by atoms with E-state index >= 15 is 0 Å². The van der Waals surface area contributed by atoms with Crippen LogP contribution in [0.3, 0.4) is 0 Å². The fraction of sp³-hybridized carbons (Fsp3) is 0.240. The Morgan fingerprint density at radius 2 is 1.82 bits per heavy atom. The van der Waals surface area contributed by atoms with Crippen molar-refractivity contribution in [1.29, 1.82) is 0 Å². The zero-order chi connectivity index (χ0) is 24.2. The first-order chi connectivity index (χ1) is 16.4. The van der Waals surface area contributed by atoms with Crippen LogP contribution in [0.1, 0.15) is 30.5 Å². The van der Waals surface area contributed by atoms with Crippen molar-refractivity contribution in [3.05, 3.63) is 87.9 Å². The highest BCUT2D eigenvalue weighted by atomic mass is 32.2. The first-order valence-corrected chi connectivity index (χ1v) is 11.5. The molecule has 34 heavy (non-hydrogen) atoms. The summed E-state index contributed by atoms with van der Waals surface area (Å²) in [7, 11) is 2.93. The lowest BCUT2D eigenvalue weighted by atomic mass is 9.94. The third kappa shape index (κ3) is 4.84. The van der Waals surface area contributed by atoms with Crippen molar-refractivity contribution in [1.82, 2.24) is 10.2 Å². The highest BCUT2D eigenvalue weighted by Crippen LogP contribution is 2.45. The first-order valence-electron chi connectivity index (χ1n) is 10.6. The second-order valence-corrected chi connectivity index (χ2v) is 8.57. The highest BCUT2D eigenvalue weighted by Gasteiger charge is 2.40. The zero-order valence-corrected chi connectivity index (χ0v) is 19.8. The van der Waals surface area contributed by atoms with Crippen LogP contribution in [0.25, 0.3) is 0 Å². The van der Waals surface area contributed by atoms with Gasteiger partial charge in [-0.3, -0.25) is 4.79 Å². The van der Waals surface area contributed by atoms with Crippen LogP contribution in [0.2, 0.25) is 0 Å². The molecule has 0 saturated heterocycles. The predicted octanol–water partition coefficient (Wildman–Crippen LogP) is 4.29. The summed E-state index contributed by atoms with van der Waals surface area (Å²) in [6, 6.07) is 12.9. The number of benzene rings is 2. The largest absolute Gasteiger partial charge is 0.497 e. The summed E-state index contributed by atoms with van der Waals surface area (Å²) < 4.78 is 23.5. The molecule has 1 amide bonds. The van der Waals surface area contributed by atoms with E-state index in [0.29, 0.717) is 22.2 Å². The Hall–Kier alpha value is -3.59. The van der Waals surface area contributed by atoms with Gasteiger partial charge < -0.3 is 19.7 Å². The molecule has 2 aliphatic rings. The van der Waals surface area contributed by atoms with Crippen LogP contribution in [-0.4, -0.2) is 36.2 Å². The SMILES string of the molecule is COC(=O)C1=C(C)N=C2SC=C(CC(=O)NCc3ccc(F)cc3)N2[C@@H]1c1ccc(OC)cc1. The second kappa shape index (κ2) is 10.1. The number of carbonyl (C=O) groups excluding carboxylic acids is 2. The quantitative estimate of drug-likeness (QED) is 0.595. The number of nitrogens with zero attached hydrogens (tertiary/aromatic N) is 2. The number of hydrogen-bond acceptors (Lipinski definition) is 7. The molecule has 0 fully saturated rings. The van der Waals surface area contributed by atoms with E-state index in [-0.39, 0.29) is 24.7 Å². The average Bonchev–Trinajstić information content (AvgIpc) is 3.24. The molecular weight excluding hydrogens is 457 g/mol. The van der Waals surface area contributed by atoms with E-state index in [9.17, 15) is 14.0 Å². The van der Waals surface area contributed by atoms with Gasteiger partial charge in [-0.15, -0.1) is 0 Å². The fourth-order valence-corrected chi connectivity index (χ4v) is 4.84. The number of rotatable bonds is 7. The summed E-state index contributed by atoms with van der Waals surface area (Å²) in [5, 5.41) is 5.43. The number of allylic oxidation sites excluding steroid dienone is 1. The maximum absolute atomic E-state index is 13.1. The fourth-order valence-electron chi connectivity index (χ4n) is 3.87. The lowest BCUT2D eigenvalue weighted by Crippen LogP contribution is -2.37. The molecule has 1 N–H and O–H groups in total. The molecule has 0 bridgehead atoms. The Morgan fingerprint density at radius 3 is 2.47 bits per heavy atom. The van der Waals surface area contributed by atoms with Gasteiger partial charge >= 0.3 is 5.97 Å². The molecule has 2 aromatic carbocycles. The van der Waals surface area contributed by atoms with E-state index in [1.165, 1.54) is 31.0 Å². The Morgan fingerprint density at radius 1 is 1.12 bits per heavy atom. The minimum Gasteiger partial charge on any atom is -0.497 e. The molecule has 2 aliphatic heterocycles. The molecular formula is C25H24FN3O4S. The second-order valence-electron chi connectivity index (χ2n) is 7.74. The van der Waals surface area contributed by atoms with E-state index in [1.54, 1.807) is 26.2 Å².